The summed E-state index contributed by atoms with van der Waals surface area (Å²) in [5, 5.41) is 3.27. The van der Waals surface area contributed by atoms with Crippen LogP contribution < -0.4 is 16.8 Å². The number of rotatable bonds is 7. The third-order valence-electron chi connectivity index (χ3n) is 1.77. The van der Waals surface area contributed by atoms with Gasteiger partial charge in [-0.1, -0.05) is 12.8 Å². The van der Waals surface area contributed by atoms with Crippen LogP contribution in [0, 0.1) is 0 Å². The average molecular weight is 173 g/mol. The van der Waals surface area contributed by atoms with E-state index < -0.39 is 0 Å². The molecule has 0 aliphatic rings. The van der Waals surface area contributed by atoms with Crippen molar-refractivity contribution in [3.63, 3.8) is 0 Å². The van der Waals surface area contributed by atoms with Gasteiger partial charge in [0.2, 0.25) is 0 Å². The summed E-state index contributed by atoms with van der Waals surface area (Å²) in [6.07, 6.45) is 4.71. The first-order valence-corrected chi connectivity index (χ1v) is 4.88. The molecule has 3 nitrogen and oxygen atoms in total. The molecule has 0 saturated carbocycles. The zero-order valence-corrected chi connectivity index (χ0v) is 8.34. The van der Waals surface area contributed by atoms with E-state index in [0.29, 0.717) is 6.04 Å². The van der Waals surface area contributed by atoms with Gasteiger partial charge in [0.25, 0.3) is 0 Å². The number of unbranched alkanes of at least 4 members (excludes halogenated alkanes) is 2. The molecule has 74 valence electrons. The molecule has 0 heterocycles. The molecule has 0 aromatic carbocycles. The van der Waals surface area contributed by atoms with Gasteiger partial charge in [0.05, 0.1) is 6.17 Å². The number of nitrogens with two attached hydrogens (primary N) is 2. The average Bonchev–Trinajstić information content (AvgIpc) is 1.97. The molecule has 0 amide bonds. The standard InChI is InChI=1S/C9H23N3/c1-8(2)12-9(11)6-4-3-5-7-10/h8-9,12H,3-7,10-11H2,1-2H3. The molecule has 0 aromatic rings. The Morgan fingerprint density at radius 3 is 2.33 bits per heavy atom. The van der Waals surface area contributed by atoms with E-state index in [0.717, 1.165) is 19.4 Å². The Balaban J connectivity index is 3.14. The minimum atomic E-state index is 0.155. The lowest BCUT2D eigenvalue weighted by molar-refractivity contribution is 0.432. The third kappa shape index (κ3) is 7.98. The van der Waals surface area contributed by atoms with Crippen molar-refractivity contribution < 1.29 is 0 Å². The second-order valence-corrected chi connectivity index (χ2v) is 3.57. The van der Waals surface area contributed by atoms with E-state index in [1.807, 2.05) is 0 Å². The van der Waals surface area contributed by atoms with Gasteiger partial charge in [-0.3, -0.25) is 5.32 Å². The first-order chi connectivity index (χ1) is 5.66. The van der Waals surface area contributed by atoms with Crippen molar-refractivity contribution in [2.24, 2.45) is 11.5 Å². The maximum atomic E-state index is 5.81. The Morgan fingerprint density at radius 1 is 1.17 bits per heavy atom. The molecule has 0 aromatic heterocycles. The number of hydrogen-bond donors (Lipinski definition) is 3. The largest absolute Gasteiger partial charge is 0.330 e. The second-order valence-electron chi connectivity index (χ2n) is 3.57. The van der Waals surface area contributed by atoms with Crippen LogP contribution in [0.1, 0.15) is 39.5 Å². The molecule has 0 aliphatic heterocycles. The summed E-state index contributed by atoms with van der Waals surface area (Å²) in [4.78, 5) is 0. The minimum absolute atomic E-state index is 0.155. The van der Waals surface area contributed by atoms with Crippen LogP contribution in [0.2, 0.25) is 0 Å². The van der Waals surface area contributed by atoms with E-state index in [1.54, 1.807) is 0 Å². The lowest BCUT2D eigenvalue weighted by atomic mass is 10.1. The smallest absolute Gasteiger partial charge is 0.0548 e. The van der Waals surface area contributed by atoms with Crippen molar-refractivity contribution in [2.45, 2.75) is 51.7 Å². The van der Waals surface area contributed by atoms with Crippen LogP contribution in [0.25, 0.3) is 0 Å². The van der Waals surface area contributed by atoms with Crippen LogP contribution in [-0.4, -0.2) is 18.8 Å². The molecule has 0 rings (SSSR count). The molecule has 1 atom stereocenters. The minimum Gasteiger partial charge on any atom is -0.330 e. The van der Waals surface area contributed by atoms with Crippen LogP contribution in [0.3, 0.4) is 0 Å². The van der Waals surface area contributed by atoms with Crippen LogP contribution in [0.5, 0.6) is 0 Å². The summed E-state index contributed by atoms with van der Waals surface area (Å²) in [6.45, 7) is 5.02. The Labute approximate surface area is 75.9 Å². The lowest BCUT2D eigenvalue weighted by Gasteiger charge is -2.16. The van der Waals surface area contributed by atoms with Gasteiger partial charge in [0, 0.05) is 6.04 Å². The summed E-state index contributed by atoms with van der Waals surface area (Å²) in [5.74, 6) is 0. The van der Waals surface area contributed by atoms with E-state index in [9.17, 15) is 0 Å². The van der Waals surface area contributed by atoms with E-state index in [-0.39, 0.29) is 6.17 Å². The Morgan fingerprint density at radius 2 is 1.83 bits per heavy atom. The molecule has 3 heteroatoms. The fraction of sp³-hybridized carbons (Fsp3) is 1.00. The first-order valence-electron chi connectivity index (χ1n) is 4.88. The molecular weight excluding hydrogens is 150 g/mol. The zero-order chi connectivity index (χ0) is 9.40. The van der Waals surface area contributed by atoms with Crippen LogP contribution in [0.15, 0.2) is 0 Å². The van der Waals surface area contributed by atoms with Gasteiger partial charge in [-0.15, -0.1) is 0 Å². The van der Waals surface area contributed by atoms with Gasteiger partial charge < -0.3 is 11.5 Å². The van der Waals surface area contributed by atoms with Crippen LogP contribution in [-0.2, 0) is 0 Å². The van der Waals surface area contributed by atoms with Gasteiger partial charge in [-0.05, 0) is 33.2 Å². The predicted molar refractivity (Wildman–Crippen MR) is 53.8 cm³/mol. The number of nitrogens with one attached hydrogen (secondary N) is 1. The summed E-state index contributed by atoms with van der Waals surface area (Å²) >= 11 is 0. The fourth-order valence-electron chi connectivity index (χ4n) is 1.20. The van der Waals surface area contributed by atoms with E-state index >= 15 is 0 Å². The quantitative estimate of drug-likeness (QED) is 0.394. The molecule has 1 unspecified atom stereocenters. The molecule has 0 fully saturated rings. The van der Waals surface area contributed by atoms with Crippen molar-refractivity contribution in [2.75, 3.05) is 6.54 Å². The van der Waals surface area contributed by atoms with Crippen molar-refractivity contribution >= 4 is 0 Å². The maximum Gasteiger partial charge on any atom is 0.0548 e. The van der Waals surface area contributed by atoms with Gasteiger partial charge in [0.1, 0.15) is 0 Å². The van der Waals surface area contributed by atoms with Crippen LogP contribution in [0.4, 0.5) is 0 Å². The normalized spacial score (nSPS) is 13.8. The van der Waals surface area contributed by atoms with E-state index in [2.05, 4.69) is 19.2 Å². The van der Waals surface area contributed by atoms with Gasteiger partial charge in [0.15, 0.2) is 0 Å². The van der Waals surface area contributed by atoms with E-state index in [4.69, 9.17) is 11.5 Å². The topological polar surface area (TPSA) is 64.1 Å². The molecule has 0 radical (unpaired) electrons. The third-order valence-corrected chi connectivity index (χ3v) is 1.77. The first kappa shape index (κ1) is 11.9. The highest BCUT2D eigenvalue weighted by molar-refractivity contribution is 4.62. The lowest BCUT2D eigenvalue weighted by Crippen LogP contribution is -2.41. The van der Waals surface area contributed by atoms with Gasteiger partial charge in [-0.25, -0.2) is 0 Å². The summed E-state index contributed by atoms with van der Waals surface area (Å²) in [6, 6.07) is 0.481. The Hall–Kier alpha value is -0.120. The SMILES string of the molecule is CC(C)NC(N)CCCCCN. The van der Waals surface area contributed by atoms with Crippen molar-refractivity contribution in [3.05, 3.63) is 0 Å². The highest BCUT2D eigenvalue weighted by atomic mass is 15.0. The Kier molecular flexibility index (Phi) is 7.45. The Bertz CT molecular complexity index is 93.8. The molecule has 0 aliphatic carbocycles. The van der Waals surface area contributed by atoms with Crippen molar-refractivity contribution in [1.29, 1.82) is 0 Å². The summed E-state index contributed by atoms with van der Waals surface area (Å²) in [7, 11) is 0. The molecular formula is C9H23N3. The summed E-state index contributed by atoms with van der Waals surface area (Å²) in [5.41, 5.74) is 11.2. The fourth-order valence-corrected chi connectivity index (χ4v) is 1.20. The zero-order valence-electron chi connectivity index (χ0n) is 8.34. The van der Waals surface area contributed by atoms with Crippen molar-refractivity contribution in [3.8, 4) is 0 Å². The van der Waals surface area contributed by atoms with Gasteiger partial charge in [-0.2, -0.15) is 0 Å². The molecule has 0 saturated heterocycles. The summed E-state index contributed by atoms with van der Waals surface area (Å²) < 4.78 is 0. The monoisotopic (exact) mass is 173 g/mol. The molecule has 5 N–H and O–H groups in total. The molecule has 0 bridgehead atoms. The molecule has 0 spiro atoms. The maximum absolute atomic E-state index is 5.81. The van der Waals surface area contributed by atoms with Gasteiger partial charge >= 0.3 is 0 Å². The number of hydrogen-bond acceptors (Lipinski definition) is 3. The highest BCUT2D eigenvalue weighted by Crippen LogP contribution is 2.00. The van der Waals surface area contributed by atoms with Crippen molar-refractivity contribution in [1.82, 2.24) is 5.32 Å². The predicted octanol–water partition coefficient (Wildman–Crippen LogP) is 0.788. The second kappa shape index (κ2) is 7.53. The van der Waals surface area contributed by atoms with E-state index in [1.165, 1.54) is 12.8 Å². The van der Waals surface area contributed by atoms with Crippen LogP contribution >= 0.6 is 0 Å². The molecule has 12 heavy (non-hydrogen) atoms. The highest BCUT2D eigenvalue weighted by Gasteiger charge is 2.02.